The molecular weight excluding hydrogens is 641 g/mol. The second-order valence-electron chi connectivity index (χ2n) is 9.26. The molecule has 0 unspecified atom stereocenters. The van der Waals surface area contributed by atoms with Gasteiger partial charge in [0.25, 0.3) is 5.91 Å². The number of ether oxygens (including phenoxy) is 2. The average molecular weight is 665 g/mol. The van der Waals surface area contributed by atoms with E-state index in [1.807, 2.05) is 44.2 Å². The quantitative estimate of drug-likeness (QED) is 0.0752. The van der Waals surface area contributed by atoms with Crippen molar-refractivity contribution in [3.05, 3.63) is 116 Å². The van der Waals surface area contributed by atoms with Gasteiger partial charge in [-0.15, -0.1) is 0 Å². The molecule has 0 fully saturated rings. The van der Waals surface area contributed by atoms with Crippen LogP contribution in [0, 0.1) is 6.92 Å². The van der Waals surface area contributed by atoms with Gasteiger partial charge in [-0.1, -0.05) is 75.0 Å². The fraction of sp³-hybridized carbons (Fsp3) is 0.0938. The smallest absolute Gasteiger partial charge is 0.343 e. The van der Waals surface area contributed by atoms with Gasteiger partial charge >= 0.3 is 5.97 Å². The molecule has 1 heterocycles. The molecule has 1 aromatic heterocycles. The number of esters is 1. The number of nitrogens with one attached hydrogen (secondary N) is 2. The number of hydrazone groups is 1. The zero-order chi connectivity index (χ0) is 29.8. The molecule has 7 nitrogen and oxygen atoms in total. The molecule has 42 heavy (non-hydrogen) atoms. The number of fused-ring (bicyclic) bond motifs is 1. The van der Waals surface area contributed by atoms with Crippen molar-refractivity contribution in [2.24, 2.45) is 5.10 Å². The standard InChI is InChI=1S/C32H24BrCl2N3O4/c1-3-41-27-14-19(11-12-26(27)42-32(40)20-8-6-7-18(2)13-20)17-36-38-31(39)30-28(22-9-4-5-10-24(22)34)23-15-21(33)16-25(35)29(23)37-30/h4-17,37H,3H2,1-2H3,(H,38,39). The number of halogens is 3. The maximum Gasteiger partial charge on any atom is 0.343 e. The van der Waals surface area contributed by atoms with Crippen LogP contribution in [-0.4, -0.2) is 29.7 Å². The molecule has 0 aliphatic rings. The maximum absolute atomic E-state index is 13.4. The van der Waals surface area contributed by atoms with Crippen LogP contribution in [0.4, 0.5) is 0 Å². The molecule has 4 aromatic carbocycles. The van der Waals surface area contributed by atoms with Crippen LogP contribution in [0.5, 0.6) is 11.5 Å². The number of aryl methyl sites for hydroxylation is 1. The van der Waals surface area contributed by atoms with Crippen molar-refractivity contribution in [3.8, 4) is 22.6 Å². The third-order valence-electron chi connectivity index (χ3n) is 6.30. The summed E-state index contributed by atoms with van der Waals surface area (Å²) in [5.74, 6) is -0.341. The fourth-order valence-corrected chi connectivity index (χ4v) is 5.53. The van der Waals surface area contributed by atoms with Gasteiger partial charge in [-0.25, -0.2) is 10.2 Å². The summed E-state index contributed by atoms with van der Waals surface area (Å²) >= 11 is 16.5. The highest BCUT2D eigenvalue weighted by Gasteiger charge is 2.22. The summed E-state index contributed by atoms with van der Waals surface area (Å²) in [6.45, 7) is 4.09. The van der Waals surface area contributed by atoms with Gasteiger partial charge in [-0.05, 0) is 67.9 Å². The minimum absolute atomic E-state index is 0.253. The molecule has 10 heteroatoms. The minimum Gasteiger partial charge on any atom is -0.490 e. The number of carbonyl (C=O) groups is 2. The Morgan fingerprint density at radius 3 is 2.55 bits per heavy atom. The number of aromatic amines is 1. The first-order valence-electron chi connectivity index (χ1n) is 12.9. The molecule has 0 radical (unpaired) electrons. The van der Waals surface area contributed by atoms with Crippen LogP contribution in [0.3, 0.4) is 0 Å². The summed E-state index contributed by atoms with van der Waals surface area (Å²) in [7, 11) is 0. The highest BCUT2D eigenvalue weighted by Crippen LogP contribution is 2.40. The topological polar surface area (TPSA) is 92.8 Å². The molecule has 0 saturated heterocycles. The molecule has 0 aliphatic carbocycles. The lowest BCUT2D eigenvalue weighted by atomic mass is 10.0. The van der Waals surface area contributed by atoms with E-state index in [4.69, 9.17) is 32.7 Å². The Morgan fingerprint density at radius 1 is 0.976 bits per heavy atom. The number of carbonyl (C=O) groups excluding carboxylic acids is 2. The lowest BCUT2D eigenvalue weighted by Gasteiger charge is -2.11. The summed E-state index contributed by atoms with van der Waals surface area (Å²) in [5.41, 5.74) is 6.70. The Kier molecular flexibility index (Phi) is 8.97. The molecule has 212 valence electrons. The summed E-state index contributed by atoms with van der Waals surface area (Å²) in [6.07, 6.45) is 1.47. The largest absolute Gasteiger partial charge is 0.490 e. The van der Waals surface area contributed by atoms with E-state index in [0.29, 0.717) is 50.2 Å². The number of nitrogens with zero attached hydrogens (tertiary/aromatic N) is 1. The maximum atomic E-state index is 13.4. The minimum atomic E-state index is -0.492. The summed E-state index contributed by atoms with van der Waals surface area (Å²) in [5, 5.41) is 5.81. The van der Waals surface area contributed by atoms with Crippen molar-refractivity contribution >= 4 is 68.1 Å². The first kappa shape index (κ1) is 29.4. The average Bonchev–Trinajstić information content (AvgIpc) is 3.34. The van der Waals surface area contributed by atoms with Crippen LogP contribution in [0.25, 0.3) is 22.0 Å². The zero-order valence-electron chi connectivity index (χ0n) is 22.5. The van der Waals surface area contributed by atoms with Crippen molar-refractivity contribution in [3.63, 3.8) is 0 Å². The van der Waals surface area contributed by atoms with Gasteiger partial charge in [0.05, 0.1) is 28.9 Å². The molecular formula is C32H24BrCl2N3O4. The normalized spacial score (nSPS) is 11.2. The lowest BCUT2D eigenvalue weighted by molar-refractivity contribution is 0.0728. The molecule has 0 atom stereocenters. The lowest BCUT2D eigenvalue weighted by Crippen LogP contribution is -2.19. The van der Waals surface area contributed by atoms with Crippen molar-refractivity contribution in [1.29, 1.82) is 0 Å². The van der Waals surface area contributed by atoms with Gasteiger partial charge < -0.3 is 14.5 Å². The van der Waals surface area contributed by atoms with E-state index in [9.17, 15) is 9.59 Å². The van der Waals surface area contributed by atoms with Crippen molar-refractivity contribution in [1.82, 2.24) is 10.4 Å². The summed E-state index contributed by atoms with van der Waals surface area (Å²) < 4.78 is 12.1. The Labute approximate surface area is 260 Å². The molecule has 5 rings (SSSR count). The van der Waals surface area contributed by atoms with Crippen molar-refractivity contribution in [2.45, 2.75) is 13.8 Å². The van der Waals surface area contributed by atoms with Crippen LogP contribution in [0.15, 0.2) is 88.4 Å². The SMILES string of the molecule is CCOc1cc(C=NNC(=O)c2[nH]c3c(Cl)cc(Br)cc3c2-c2ccccc2Cl)ccc1OC(=O)c1cccc(C)c1. The number of amides is 1. The van der Waals surface area contributed by atoms with Crippen LogP contribution >= 0.6 is 39.1 Å². The van der Waals surface area contributed by atoms with Crippen LogP contribution in [0.2, 0.25) is 10.0 Å². The Bertz CT molecular complexity index is 1850. The van der Waals surface area contributed by atoms with Crippen LogP contribution < -0.4 is 14.9 Å². The number of hydrogen-bond donors (Lipinski definition) is 2. The zero-order valence-corrected chi connectivity index (χ0v) is 25.6. The van der Waals surface area contributed by atoms with Crippen molar-refractivity contribution in [2.75, 3.05) is 6.61 Å². The molecule has 0 saturated carbocycles. The van der Waals surface area contributed by atoms with E-state index in [-0.39, 0.29) is 11.4 Å². The van der Waals surface area contributed by atoms with Gasteiger partial charge in [0, 0.05) is 26.0 Å². The first-order chi connectivity index (χ1) is 20.2. The molecule has 0 aliphatic heterocycles. The van der Waals surface area contributed by atoms with Gasteiger partial charge in [-0.2, -0.15) is 5.10 Å². The van der Waals surface area contributed by atoms with E-state index in [0.717, 1.165) is 15.4 Å². The Balaban J connectivity index is 1.40. The molecule has 0 spiro atoms. The second-order valence-corrected chi connectivity index (χ2v) is 11.0. The highest BCUT2D eigenvalue weighted by atomic mass is 79.9. The second kappa shape index (κ2) is 12.8. The summed E-state index contributed by atoms with van der Waals surface area (Å²) in [6, 6.07) is 23.0. The Morgan fingerprint density at radius 2 is 1.79 bits per heavy atom. The van der Waals surface area contributed by atoms with E-state index in [1.54, 1.807) is 48.5 Å². The molecule has 1 amide bonds. The van der Waals surface area contributed by atoms with Gasteiger partial charge in [0.2, 0.25) is 0 Å². The number of H-pyrrole nitrogens is 1. The van der Waals surface area contributed by atoms with E-state index < -0.39 is 11.9 Å². The van der Waals surface area contributed by atoms with Crippen molar-refractivity contribution < 1.29 is 19.1 Å². The number of rotatable bonds is 8. The molecule has 5 aromatic rings. The third kappa shape index (κ3) is 6.36. The fourth-order valence-electron chi connectivity index (χ4n) is 4.44. The highest BCUT2D eigenvalue weighted by molar-refractivity contribution is 9.10. The van der Waals surface area contributed by atoms with Gasteiger partial charge in [0.15, 0.2) is 11.5 Å². The number of benzene rings is 4. The van der Waals surface area contributed by atoms with E-state index in [2.05, 4.69) is 31.4 Å². The predicted molar refractivity (Wildman–Crippen MR) is 170 cm³/mol. The molecule has 0 bridgehead atoms. The summed E-state index contributed by atoms with van der Waals surface area (Å²) in [4.78, 5) is 29.2. The Hall–Kier alpha value is -4.11. The van der Waals surface area contributed by atoms with E-state index >= 15 is 0 Å². The number of aromatic nitrogens is 1. The number of hydrogen-bond acceptors (Lipinski definition) is 5. The van der Waals surface area contributed by atoms with Gasteiger partial charge in [-0.3, -0.25) is 4.79 Å². The molecule has 2 N–H and O–H groups in total. The van der Waals surface area contributed by atoms with Crippen LogP contribution in [0.1, 0.15) is 38.9 Å². The van der Waals surface area contributed by atoms with E-state index in [1.165, 1.54) is 6.21 Å². The first-order valence-corrected chi connectivity index (χ1v) is 14.4. The monoisotopic (exact) mass is 663 g/mol. The van der Waals surface area contributed by atoms with Gasteiger partial charge in [0.1, 0.15) is 5.69 Å². The van der Waals surface area contributed by atoms with Crippen LogP contribution in [-0.2, 0) is 0 Å². The third-order valence-corrected chi connectivity index (χ3v) is 7.38. The predicted octanol–water partition coefficient (Wildman–Crippen LogP) is 8.59.